The predicted octanol–water partition coefficient (Wildman–Crippen LogP) is -1.49. The van der Waals surface area contributed by atoms with Crippen molar-refractivity contribution in [3.8, 4) is 0 Å². The highest BCUT2D eigenvalue weighted by molar-refractivity contribution is 6.01. The first-order valence-electron chi connectivity index (χ1n) is 5.84. The number of hydrogen-bond donors (Lipinski definition) is 5. The van der Waals surface area contributed by atoms with Crippen LogP contribution in [0, 0.1) is 5.92 Å². The maximum absolute atomic E-state index is 11.9. The lowest BCUT2D eigenvalue weighted by molar-refractivity contribution is -0.148. The van der Waals surface area contributed by atoms with E-state index >= 15 is 0 Å². The smallest absolute Gasteiger partial charge is 0.320 e. The molecule has 0 spiro atoms. The van der Waals surface area contributed by atoms with Crippen molar-refractivity contribution in [2.24, 2.45) is 11.7 Å². The molecule has 0 radical (unpaired) electrons. The molecule has 0 aliphatic rings. The largest absolute Gasteiger partial charge is 0.481 e. The van der Waals surface area contributed by atoms with Crippen molar-refractivity contribution < 1.29 is 34.5 Å². The summed E-state index contributed by atoms with van der Waals surface area (Å²) in [6, 6.07) is -2.45. The third-order valence-electron chi connectivity index (χ3n) is 2.79. The number of carbonyl (C=O) groups is 4. The van der Waals surface area contributed by atoms with Crippen LogP contribution in [-0.4, -0.2) is 58.1 Å². The first-order valence-corrected chi connectivity index (χ1v) is 5.84. The molecule has 9 heteroatoms. The molecule has 0 saturated heterocycles. The number of likely N-dealkylation sites (N-methyl/N-ethyl adjacent to an activating group) is 1. The first kappa shape index (κ1) is 18.0. The van der Waals surface area contributed by atoms with Gasteiger partial charge in [-0.3, -0.25) is 19.2 Å². The second kappa shape index (κ2) is 8.23. The molecule has 0 heterocycles. The molecule has 0 aliphatic heterocycles. The van der Waals surface area contributed by atoms with Gasteiger partial charge in [-0.25, -0.2) is 0 Å². The van der Waals surface area contributed by atoms with Gasteiger partial charge in [0.15, 0.2) is 5.78 Å². The Kier molecular flexibility index (Phi) is 7.40. The number of nitrogens with two attached hydrogens (primary N) is 1. The van der Waals surface area contributed by atoms with Gasteiger partial charge in [-0.1, -0.05) is 0 Å². The summed E-state index contributed by atoms with van der Waals surface area (Å²) in [5.41, 5.74) is 5.45. The first-order chi connectivity index (χ1) is 9.20. The maximum Gasteiger partial charge on any atom is 0.320 e. The molecule has 6 N–H and O–H groups in total. The number of nitrogens with one attached hydrogen (secondary N) is 1. The zero-order valence-corrected chi connectivity index (χ0v) is 10.9. The Morgan fingerprint density at radius 2 is 1.65 bits per heavy atom. The minimum absolute atomic E-state index is 0.199. The second-order valence-corrected chi connectivity index (χ2v) is 4.25. The Balaban J connectivity index is 4.81. The standard InChI is InChI=1S/C11H18N2O7/c1-13-7(11(19)20)4-5(10(17)18)9(16)6(12)2-3-8(14)15/h5-7,13H,2-4,12H2,1H3,(H,14,15)(H,17,18)(H,19,20)/t5?,6-,7-/m0/s1. The van der Waals surface area contributed by atoms with E-state index in [0.29, 0.717) is 0 Å². The molecule has 0 bridgehead atoms. The Morgan fingerprint density at radius 3 is 2.00 bits per heavy atom. The Bertz CT molecular complexity index is 396. The lowest BCUT2D eigenvalue weighted by Gasteiger charge is -2.19. The molecule has 0 fully saturated rings. The molecule has 0 rings (SSSR count). The summed E-state index contributed by atoms with van der Waals surface area (Å²) in [6.07, 6.45) is -1.02. The molecule has 0 aromatic heterocycles. The number of Topliss-reactive ketones (excluding diaryl/α,β-unsaturated/α-hetero) is 1. The van der Waals surface area contributed by atoms with Crippen LogP contribution in [0.4, 0.5) is 0 Å². The van der Waals surface area contributed by atoms with Crippen LogP contribution in [-0.2, 0) is 19.2 Å². The fourth-order valence-electron chi connectivity index (χ4n) is 1.60. The van der Waals surface area contributed by atoms with Gasteiger partial charge < -0.3 is 26.4 Å². The van der Waals surface area contributed by atoms with Crippen LogP contribution < -0.4 is 11.1 Å². The zero-order chi connectivity index (χ0) is 15.9. The SMILES string of the molecule is CN[C@@H](CC(C(=O)O)C(=O)[C@@H](N)CCC(=O)O)C(=O)O. The summed E-state index contributed by atoms with van der Waals surface area (Å²) in [6.45, 7) is 0. The molecule has 0 saturated carbocycles. The van der Waals surface area contributed by atoms with Crippen molar-refractivity contribution in [3.05, 3.63) is 0 Å². The molecule has 20 heavy (non-hydrogen) atoms. The Labute approximate surface area is 114 Å². The summed E-state index contributed by atoms with van der Waals surface area (Å²) < 4.78 is 0. The van der Waals surface area contributed by atoms with Crippen molar-refractivity contribution in [3.63, 3.8) is 0 Å². The number of hydrogen-bond acceptors (Lipinski definition) is 6. The molecular formula is C11H18N2O7. The van der Waals surface area contributed by atoms with Gasteiger partial charge in [-0.05, 0) is 19.9 Å². The van der Waals surface area contributed by atoms with E-state index < -0.39 is 48.1 Å². The number of carbonyl (C=O) groups excluding carboxylic acids is 1. The van der Waals surface area contributed by atoms with E-state index in [2.05, 4.69) is 5.32 Å². The molecule has 0 amide bonds. The normalized spacial score (nSPS) is 15.1. The van der Waals surface area contributed by atoms with Crippen molar-refractivity contribution in [1.29, 1.82) is 0 Å². The van der Waals surface area contributed by atoms with Crippen molar-refractivity contribution in [2.75, 3.05) is 7.05 Å². The van der Waals surface area contributed by atoms with Crippen LogP contribution in [0.3, 0.4) is 0 Å². The van der Waals surface area contributed by atoms with Crippen LogP contribution in [0.2, 0.25) is 0 Å². The highest BCUT2D eigenvalue weighted by Crippen LogP contribution is 2.13. The number of carboxylic acid groups (broad SMARTS) is 3. The second-order valence-electron chi connectivity index (χ2n) is 4.25. The molecule has 3 atom stereocenters. The number of aliphatic carboxylic acids is 3. The van der Waals surface area contributed by atoms with Gasteiger partial charge in [0, 0.05) is 6.42 Å². The summed E-state index contributed by atoms with van der Waals surface area (Å²) >= 11 is 0. The van der Waals surface area contributed by atoms with Crippen LogP contribution in [0.25, 0.3) is 0 Å². The summed E-state index contributed by atoms with van der Waals surface area (Å²) in [7, 11) is 1.33. The van der Waals surface area contributed by atoms with Gasteiger partial charge in [0.2, 0.25) is 0 Å². The zero-order valence-electron chi connectivity index (χ0n) is 10.9. The minimum atomic E-state index is -1.59. The van der Waals surface area contributed by atoms with Crippen molar-refractivity contribution in [1.82, 2.24) is 5.32 Å². The molecule has 114 valence electrons. The average molecular weight is 290 g/mol. The van der Waals surface area contributed by atoms with Crippen LogP contribution >= 0.6 is 0 Å². The third-order valence-corrected chi connectivity index (χ3v) is 2.79. The number of carboxylic acids is 3. The number of rotatable bonds is 10. The molecule has 0 aromatic rings. The van der Waals surface area contributed by atoms with Gasteiger partial charge in [0.1, 0.15) is 12.0 Å². The van der Waals surface area contributed by atoms with E-state index in [0.717, 1.165) is 0 Å². The Hall–Kier alpha value is -2.00. The quantitative estimate of drug-likeness (QED) is 0.301. The van der Waals surface area contributed by atoms with Gasteiger partial charge in [-0.15, -0.1) is 0 Å². The summed E-state index contributed by atoms with van der Waals surface area (Å²) in [4.78, 5) is 44.1. The molecule has 9 nitrogen and oxygen atoms in total. The fraction of sp³-hybridized carbons (Fsp3) is 0.636. The summed E-state index contributed by atoms with van der Waals surface area (Å²) in [5.74, 6) is -6.39. The third kappa shape index (κ3) is 5.76. The molecule has 0 aliphatic carbocycles. The van der Waals surface area contributed by atoms with Gasteiger partial charge >= 0.3 is 17.9 Å². The van der Waals surface area contributed by atoms with Crippen LogP contribution in [0.5, 0.6) is 0 Å². The van der Waals surface area contributed by atoms with E-state index in [4.69, 9.17) is 21.1 Å². The molecule has 1 unspecified atom stereocenters. The Morgan fingerprint density at radius 1 is 1.10 bits per heavy atom. The van der Waals surface area contributed by atoms with E-state index in [1.807, 2.05) is 0 Å². The lowest BCUT2D eigenvalue weighted by atomic mass is 9.90. The highest BCUT2D eigenvalue weighted by atomic mass is 16.4. The molecular weight excluding hydrogens is 272 g/mol. The van der Waals surface area contributed by atoms with Crippen molar-refractivity contribution >= 4 is 23.7 Å². The topological polar surface area (TPSA) is 167 Å². The van der Waals surface area contributed by atoms with Crippen LogP contribution in [0.1, 0.15) is 19.3 Å². The highest BCUT2D eigenvalue weighted by Gasteiger charge is 2.34. The fourth-order valence-corrected chi connectivity index (χ4v) is 1.60. The van der Waals surface area contributed by atoms with Crippen molar-refractivity contribution in [2.45, 2.75) is 31.3 Å². The van der Waals surface area contributed by atoms with E-state index in [1.165, 1.54) is 7.05 Å². The number of ketones is 1. The van der Waals surface area contributed by atoms with Gasteiger partial charge in [0.25, 0.3) is 0 Å². The average Bonchev–Trinajstić information content (AvgIpc) is 2.35. The monoisotopic (exact) mass is 290 g/mol. The van der Waals surface area contributed by atoms with E-state index in [9.17, 15) is 19.2 Å². The summed E-state index contributed by atoms with van der Waals surface area (Å²) in [5, 5.41) is 28.7. The molecule has 0 aromatic carbocycles. The van der Waals surface area contributed by atoms with Crippen LogP contribution in [0.15, 0.2) is 0 Å². The van der Waals surface area contributed by atoms with Gasteiger partial charge in [0.05, 0.1) is 6.04 Å². The predicted molar refractivity (Wildman–Crippen MR) is 66.1 cm³/mol. The lowest BCUT2D eigenvalue weighted by Crippen LogP contribution is -2.44. The maximum atomic E-state index is 11.9. The van der Waals surface area contributed by atoms with E-state index in [1.54, 1.807) is 0 Å². The van der Waals surface area contributed by atoms with Gasteiger partial charge in [-0.2, -0.15) is 0 Å². The minimum Gasteiger partial charge on any atom is -0.481 e. The van der Waals surface area contributed by atoms with E-state index in [-0.39, 0.29) is 12.8 Å².